The molecule has 0 unspecified atom stereocenters. The van der Waals surface area contributed by atoms with Gasteiger partial charge in [0.05, 0.1) is 40.7 Å². The number of alkyl halides is 3. The summed E-state index contributed by atoms with van der Waals surface area (Å²) in [6.07, 6.45) is -0.00414. The van der Waals surface area contributed by atoms with Crippen LogP contribution in [0.5, 0.6) is 0 Å². The molecule has 0 radical (unpaired) electrons. The molecular weight excluding hydrogens is 531 g/mol. The summed E-state index contributed by atoms with van der Waals surface area (Å²) in [5.74, 6) is -2.31. The second-order valence-electron chi connectivity index (χ2n) is 8.91. The zero-order chi connectivity index (χ0) is 26.5. The van der Waals surface area contributed by atoms with Gasteiger partial charge in [-0.1, -0.05) is 30.2 Å². The van der Waals surface area contributed by atoms with Crippen LogP contribution in [0.1, 0.15) is 36.0 Å². The topological polar surface area (TPSA) is 92.5 Å². The Morgan fingerprint density at radius 1 is 1.19 bits per heavy atom. The number of fused-ring (bicyclic) bond motifs is 1. The van der Waals surface area contributed by atoms with E-state index in [0.717, 1.165) is 22.7 Å². The number of benzene rings is 2. The molecule has 0 spiro atoms. The molecule has 3 aromatic rings. The molecule has 1 N–H and O–H groups in total. The second kappa shape index (κ2) is 9.53. The quantitative estimate of drug-likeness (QED) is 0.390. The number of rotatable bonds is 5. The molecule has 5 rings (SSSR count). The van der Waals surface area contributed by atoms with Crippen molar-refractivity contribution in [2.45, 2.75) is 38.0 Å². The minimum Gasteiger partial charge on any atom is -0.481 e. The molecule has 1 saturated carbocycles. The number of hydrogen-bond donors (Lipinski definition) is 1. The zero-order valence-electron chi connectivity index (χ0n) is 19.0. The normalized spacial score (nSPS) is 21.5. The van der Waals surface area contributed by atoms with Crippen molar-refractivity contribution in [2.75, 3.05) is 0 Å². The van der Waals surface area contributed by atoms with Gasteiger partial charge in [0.1, 0.15) is 0 Å². The SMILES string of the molecule is O=C(O)[C@@H]1CCC[C@H]1N1C(=O)S/C(=C\c2ccc3c(cnn3Cc3ccc(Cl)cc3C(F)(F)F)c2)C1=O. The number of aliphatic carboxylic acids is 1. The number of carbonyl (C=O) groups excluding carboxylic acids is 2. The van der Waals surface area contributed by atoms with E-state index in [-0.39, 0.29) is 22.0 Å². The van der Waals surface area contributed by atoms with Crippen LogP contribution in [0.3, 0.4) is 0 Å². The van der Waals surface area contributed by atoms with E-state index in [4.69, 9.17) is 11.6 Å². The van der Waals surface area contributed by atoms with Crippen molar-refractivity contribution < 1.29 is 32.7 Å². The molecule has 1 aliphatic carbocycles. The minimum absolute atomic E-state index is 0.0122. The van der Waals surface area contributed by atoms with Gasteiger partial charge in [-0.05, 0) is 66.1 Å². The van der Waals surface area contributed by atoms with E-state index in [0.29, 0.717) is 35.7 Å². The highest BCUT2D eigenvalue weighted by atomic mass is 35.5. The third-order valence-corrected chi connectivity index (χ3v) is 7.73. The Morgan fingerprint density at radius 2 is 1.97 bits per heavy atom. The monoisotopic (exact) mass is 549 g/mol. The van der Waals surface area contributed by atoms with Crippen LogP contribution >= 0.6 is 23.4 Å². The maximum absolute atomic E-state index is 13.5. The number of carboxylic acid groups (broad SMARTS) is 1. The molecular formula is C25H19ClF3N3O4S. The van der Waals surface area contributed by atoms with E-state index < -0.39 is 40.8 Å². The fourth-order valence-corrected chi connectivity index (χ4v) is 5.95. The van der Waals surface area contributed by atoms with Crippen molar-refractivity contribution in [1.29, 1.82) is 0 Å². The minimum atomic E-state index is -4.57. The number of nitrogens with zero attached hydrogens (tertiary/aromatic N) is 3. The number of amides is 2. The Hall–Kier alpha value is -3.31. The van der Waals surface area contributed by atoms with Crippen LogP contribution in [0.2, 0.25) is 5.02 Å². The standard InChI is InChI=1S/C25H19ClF3N3O4S/c26-16-6-5-14(18(10-16)25(27,28)29)12-31-19-7-4-13(8-15(19)11-30-31)9-21-22(33)32(24(36)37-21)20-3-1-2-17(20)23(34)35/h4-11,17,20H,1-3,12H2,(H,34,35)/b21-9-/t17-,20-/m1/s1. The van der Waals surface area contributed by atoms with E-state index >= 15 is 0 Å². The largest absolute Gasteiger partial charge is 0.481 e. The van der Waals surface area contributed by atoms with Crippen molar-refractivity contribution in [1.82, 2.24) is 14.7 Å². The molecule has 7 nitrogen and oxygen atoms in total. The van der Waals surface area contributed by atoms with E-state index in [1.165, 1.54) is 23.0 Å². The lowest BCUT2D eigenvalue weighted by Gasteiger charge is -2.24. The second-order valence-corrected chi connectivity index (χ2v) is 10.3. The number of thioether (sulfide) groups is 1. The van der Waals surface area contributed by atoms with Crippen LogP contribution in [0.25, 0.3) is 17.0 Å². The summed E-state index contributed by atoms with van der Waals surface area (Å²) in [5, 5.41) is 13.8. The van der Waals surface area contributed by atoms with E-state index in [2.05, 4.69) is 5.10 Å². The van der Waals surface area contributed by atoms with Gasteiger partial charge < -0.3 is 5.11 Å². The molecule has 1 aromatic heterocycles. The summed E-state index contributed by atoms with van der Waals surface area (Å²) in [7, 11) is 0. The molecule has 37 heavy (non-hydrogen) atoms. The van der Waals surface area contributed by atoms with Gasteiger partial charge in [-0.25, -0.2) is 0 Å². The Labute approximate surface area is 217 Å². The first-order valence-electron chi connectivity index (χ1n) is 11.3. The molecule has 2 fully saturated rings. The van der Waals surface area contributed by atoms with Crippen molar-refractivity contribution in [3.8, 4) is 0 Å². The van der Waals surface area contributed by atoms with Crippen LogP contribution in [-0.4, -0.2) is 42.9 Å². The molecule has 1 aliphatic heterocycles. The lowest BCUT2D eigenvalue weighted by molar-refractivity contribution is -0.143. The number of halogens is 4. The Balaban J connectivity index is 1.40. The molecule has 2 amide bonds. The van der Waals surface area contributed by atoms with E-state index in [9.17, 15) is 32.7 Å². The van der Waals surface area contributed by atoms with Crippen molar-refractivity contribution in [2.24, 2.45) is 5.92 Å². The van der Waals surface area contributed by atoms with Gasteiger partial charge in [0, 0.05) is 10.4 Å². The Bertz CT molecular complexity index is 1470. The summed E-state index contributed by atoms with van der Waals surface area (Å²) >= 11 is 6.53. The van der Waals surface area contributed by atoms with Crippen LogP contribution in [0.15, 0.2) is 47.5 Å². The fourth-order valence-electron chi connectivity index (χ4n) is 4.89. The number of carboxylic acids is 1. The predicted octanol–water partition coefficient (Wildman–Crippen LogP) is 6.05. The molecule has 2 heterocycles. The highest BCUT2D eigenvalue weighted by Crippen LogP contribution is 2.40. The first-order chi connectivity index (χ1) is 17.5. The van der Waals surface area contributed by atoms with Crippen LogP contribution in [0.4, 0.5) is 18.0 Å². The van der Waals surface area contributed by atoms with Crippen LogP contribution < -0.4 is 0 Å². The summed E-state index contributed by atoms with van der Waals surface area (Å²) in [6.45, 7) is -0.125. The molecule has 2 aliphatic rings. The highest BCUT2D eigenvalue weighted by Gasteiger charge is 2.46. The number of aromatic nitrogens is 2. The average molecular weight is 550 g/mol. The van der Waals surface area contributed by atoms with Gasteiger partial charge in [-0.15, -0.1) is 0 Å². The summed E-state index contributed by atoms with van der Waals surface area (Å²) in [4.78, 5) is 38.4. The lowest BCUT2D eigenvalue weighted by atomic mass is 10.0. The smallest absolute Gasteiger partial charge is 0.416 e. The fraction of sp³-hybridized carbons (Fsp3) is 0.280. The third kappa shape index (κ3) is 4.85. The number of hydrogen-bond acceptors (Lipinski definition) is 5. The van der Waals surface area contributed by atoms with E-state index in [1.807, 2.05) is 0 Å². The van der Waals surface area contributed by atoms with Gasteiger partial charge in [-0.2, -0.15) is 18.3 Å². The maximum Gasteiger partial charge on any atom is 0.416 e. The van der Waals surface area contributed by atoms with Gasteiger partial charge in [0.2, 0.25) is 0 Å². The van der Waals surface area contributed by atoms with Gasteiger partial charge >= 0.3 is 12.1 Å². The predicted molar refractivity (Wildman–Crippen MR) is 132 cm³/mol. The molecule has 12 heteroatoms. The van der Waals surface area contributed by atoms with Gasteiger partial charge in [0.25, 0.3) is 11.1 Å². The van der Waals surface area contributed by atoms with E-state index in [1.54, 1.807) is 24.3 Å². The van der Waals surface area contributed by atoms with Crippen LogP contribution in [0, 0.1) is 5.92 Å². The molecule has 2 aromatic carbocycles. The van der Waals surface area contributed by atoms with Crippen LogP contribution in [-0.2, 0) is 22.3 Å². The Morgan fingerprint density at radius 3 is 2.70 bits per heavy atom. The molecule has 192 valence electrons. The van der Waals surface area contributed by atoms with Crippen molar-refractivity contribution >= 4 is 57.5 Å². The lowest BCUT2D eigenvalue weighted by Crippen LogP contribution is -2.43. The highest BCUT2D eigenvalue weighted by molar-refractivity contribution is 8.18. The van der Waals surface area contributed by atoms with Gasteiger partial charge in [0.15, 0.2) is 0 Å². The number of carbonyl (C=O) groups is 3. The van der Waals surface area contributed by atoms with Gasteiger partial charge in [-0.3, -0.25) is 24.0 Å². The Kier molecular flexibility index (Phi) is 6.53. The average Bonchev–Trinajstić information content (AvgIpc) is 3.52. The maximum atomic E-state index is 13.5. The number of imide groups is 1. The zero-order valence-corrected chi connectivity index (χ0v) is 20.6. The van der Waals surface area contributed by atoms with Crippen molar-refractivity contribution in [3.05, 3.63) is 69.2 Å². The summed E-state index contributed by atoms with van der Waals surface area (Å²) in [6, 6.07) is 8.02. The van der Waals surface area contributed by atoms with Crippen molar-refractivity contribution in [3.63, 3.8) is 0 Å². The summed E-state index contributed by atoms with van der Waals surface area (Å²) < 4.78 is 41.9. The molecule has 0 bridgehead atoms. The molecule has 2 atom stereocenters. The summed E-state index contributed by atoms with van der Waals surface area (Å²) in [5.41, 5.74) is 0.374. The third-order valence-electron chi connectivity index (χ3n) is 6.61. The molecule has 1 saturated heterocycles. The first-order valence-corrected chi connectivity index (χ1v) is 12.5. The first kappa shape index (κ1) is 25.3.